The maximum Gasteiger partial charge on any atom is 0.123 e. The number of thioether (sulfide) groups is 1. The molecule has 1 heterocycles. The summed E-state index contributed by atoms with van der Waals surface area (Å²) in [5.74, 6) is 0. The standard InChI is InChI=1S/C11H17NOS/c1-6-8(13-5)10-12-11(3,4)9(7-2)14-10/h6-8H,1H2,2-5H3/b9-7+. The predicted octanol–water partition coefficient (Wildman–Crippen LogP) is 3.02. The molecule has 3 heteroatoms. The van der Waals surface area contributed by atoms with Gasteiger partial charge in [-0.05, 0) is 20.8 Å². The number of aliphatic imine (C=N–C) groups is 1. The third-order valence-corrected chi connectivity index (χ3v) is 3.67. The summed E-state index contributed by atoms with van der Waals surface area (Å²) < 4.78 is 5.27. The lowest BCUT2D eigenvalue weighted by molar-refractivity contribution is 0.193. The number of allylic oxidation sites excluding steroid dienone is 1. The number of methoxy groups -OCH3 is 1. The van der Waals surface area contributed by atoms with E-state index in [0.717, 1.165) is 5.04 Å². The van der Waals surface area contributed by atoms with Gasteiger partial charge in [0.15, 0.2) is 0 Å². The van der Waals surface area contributed by atoms with Gasteiger partial charge in [-0.1, -0.05) is 23.9 Å². The molecule has 0 spiro atoms. The molecule has 0 fully saturated rings. The van der Waals surface area contributed by atoms with Gasteiger partial charge in [0, 0.05) is 12.0 Å². The van der Waals surface area contributed by atoms with Gasteiger partial charge in [0.05, 0.1) is 5.54 Å². The van der Waals surface area contributed by atoms with Gasteiger partial charge in [0.25, 0.3) is 0 Å². The lowest BCUT2D eigenvalue weighted by Crippen LogP contribution is -2.17. The second-order valence-corrected chi connectivity index (χ2v) is 4.72. The van der Waals surface area contributed by atoms with Gasteiger partial charge < -0.3 is 4.74 Å². The van der Waals surface area contributed by atoms with Crippen LogP contribution < -0.4 is 0 Å². The largest absolute Gasteiger partial charge is 0.370 e. The van der Waals surface area contributed by atoms with Crippen LogP contribution >= 0.6 is 11.8 Å². The molecule has 1 unspecified atom stereocenters. The van der Waals surface area contributed by atoms with Crippen LogP contribution in [0.1, 0.15) is 20.8 Å². The summed E-state index contributed by atoms with van der Waals surface area (Å²) in [7, 11) is 1.68. The van der Waals surface area contributed by atoms with Crippen LogP contribution in [0.4, 0.5) is 0 Å². The van der Waals surface area contributed by atoms with Crippen LogP contribution in [0.5, 0.6) is 0 Å². The van der Waals surface area contributed by atoms with Crippen molar-refractivity contribution in [1.82, 2.24) is 0 Å². The van der Waals surface area contributed by atoms with Crippen LogP contribution in [0, 0.1) is 0 Å². The smallest absolute Gasteiger partial charge is 0.123 e. The summed E-state index contributed by atoms with van der Waals surface area (Å²) in [5.41, 5.74) is -0.103. The zero-order valence-corrected chi connectivity index (χ0v) is 10.0. The molecule has 1 aliphatic rings. The Morgan fingerprint density at radius 3 is 2.57 bits per heavy atom. The molecule has 0 N–H and O–H groups in total. The van der Waals surface area contributed by atoms with Gasteiger partial charge in [0.1, 0.15) is 11.1 Å². The number of nitrogens with zero attached hydrogens (tertiary/aromatic N) is 1. The van der Waals surface area contributed by atoms with Crippen molar-refractivity contribution in [3.05, 3.63) is 23.6 Å². The molecular formula is C11H17NOS. The zero-order chi connectivity index (χ0) is 10.8. The Morgan fingerprint density at radius 2 is 2.21 bits per heavy atom. The van der Waals surface area contributed by atoms with E-state index >= 15 is 0 Å². The van der Waals surface area contributed by atoms with E-state index in [-0.39, 0.29) is 11.6 Å². The summed E-state index contributed by atoms with van der Waals surface area (Å²) in [6, 6.07) is 0. The van der Waals surface area contributed by atoms with E-state index in [1.54, 1.807) is 24.9 Å². The highest BCUT2D eigenvalue weighted by atomic mass is 32.2. The van der Waals surface area contributed by atoms with Crippen molar-refractivity contribution in [2.24, 2.45) is 4.99 Å². The molecule has 14 heavy (non-hydrogen) atoms. The van der Waals surface area contributed by atoms with Crippen molar-refractivity contribution in [3.8, 4) is 0 Å². The van der Waals surface area contributed by atoms with Crippen LogP contribution in [0.2, 0.25) is 0 Å². The third-order valence-electron chi connectivity index (χ3n) is 2.18. The van der Waals surface area contributed by atoms with E-state index in [1.165, 1.54) is 4.91 Å². The quantitative estimate of drug-likeness (QED) is 0.669. The molecule has 0 aromatic carbocycles. The van der Waals surface area contributed by atoms with Crippen molar-refractivity contribution >= 4 is 16.8 Å². The highest BCUT2D eigenvalue weighted by molar-refractivity contribution is 8.17. The second-order valence-electron chi connectivity index (χ2n) is 3.66. The van der Waals surface area contributed by atoms with Crippen LogP contribution in [0.3, 0.4) is 0 Å². The first-order valence-corrected chi connectivity index (χ1v) is 5.46. The minimum Gasteiger partial charge on any atom is -0.370 e. The fourth-order valence-corrected chi connectivity index (χ4v) is 2.64. The zero-order valence-electron chi connectivity index (χ0n) is 9.20. The Labute approximate surface area is 90.1 Å². The summed E-state index contributed by atoms with van der Waals surface area (Å²) in [6.45, 7) is 9.99. The molecule has 0 amide bonds. The molecule has 0 saturated heterocycles. The third kappa shape index (κ3) is 2.10. The monoisotopic (exact) mass is 211 g/mol. The van der Waals surface area contributed by atoms with Gasteiger partial charge >= 0.3 is 0 Å². The molecular weight excluding hydrogens is 194 g/mol. The first-order valence-electron chi connectivity index (χ1n) is 4.65. The fourth-order valence-electron chi connectivity index (χ4n) is 1.42. The van der Waals surface area contributed by atoms with E-state index < -0.39 is 0 Å². The average Bonchev–Trinajstić information content (AvgIpc) is 2.43. The molecule has 1 rings (SSSR count). The first kappa shape index (κ1) is 11.5. The normalized spacial score (nSPS) is 24.9. The minimum absolute atomic E-state index is 0.0725. The second kappa shape index (κ2) is 4.32. The fraction of sp³-hybridized carbons (Fsp3) is 0.545. The van der Waals surface area contributed by atoms with E-state index in [0.29, 0.717) is 0 Å². The van der Waals surface area contributed by atoms with Crippen LogP contribution in [-0.4, -0.2) is 23.8 Å². The summed E-state index contributed by atoms with van der Waals surface area (Å²) in [5, 5.41) is 1.00. The predicted molar refractivity (Wildman–Crippen MR) is 63.9 cm³/mol. The summed E-state index contributed by atoms with van der Waals surface area (Å²) in [6.07, 6.45) is 3.81. The molecule has 78 valence electrons. The highest BCUT2D eigenvalue weighted by Gasteiger charge is 2.33. The van der Waals surface area contributed by atoms with Gasteiger partial charge in [0.2, 0.25) is 0 Å². The molecule has 0 bridgehead atoms. The van der Waals surface area contributed by atoms with E-state index in [2.05, 4.69) is 31.5 Å². The highest BCUT2D eigenvalue weighted by Crippen LogP contribution is 2.40. The van der Waals surface area contributed by atoms with Crippen molar-refractivity contribution in [1.29, 1.82) is 0 Å². The molecule has 2 nitrogen and oxygen atoms in total. The van der Waals surface area contributed by atoms with Crippen LogP contribution in [-0.2, 0) is 4.74 Å². The van der Waals surface area contributed by atoms with Crippen molar-refractivity contribution in [2.75, 3.05) is 7.11 Å². The van der Waals surface area contributed by atoms with Gasteiger partial charge in [-0.15, -0.1) is 6.58 Å². The molecule has 1 aliphatic heterocycles. The van der Waals surface area contributed by atoms with Gasteiger partial charge in [-0.2, -0.15) is 0 Å². The number of ether oxygens (including phenoxy) is 1. The maximum atomic E-state index is 5.27. The summed E-state index contributed by atoms with van der Waals surface area (Å²) in [4.78, 5) is 5.90. The maximum absolute atomic E-state index is 5.27. The lowest BCUT2D eigenvalue weighted by Gasteiger charge is -2.14. The molecule has 1 atom stereocenters. The molecule has 0 aliphatic carbocycles. The molecule has 0 aromatic heterocycles. The average molecular weight is 211 g/mol. The Bertz CT molecular complexity index is 292. The van der Waals surface area contributed by atoms with Gasteiger partial charge in [-0.3, -0.25) is 4.99 Å². The SMILES string of the molecule is C=CC(OC)C1=NC(C)(C)/C(=C\C)S1. The molecule has 0 saturated carbocycles. The Morgan fingerprint density at radius 1 is 1.57 bits per heavy atom. The van der Waals surface area contributed by atoms with Crippen molar-refractivity contribution < 1.29 is 4.74 Å². The van der Waals surface area contributed by atoms with E-state index in [4.69, 9.17) is 4.74 Å². The van der Waals surface area contributed by atoms with Crippen LogP contribution in [0.15, 0.2) is 28.6 Å². The minimum atomic E-state index is -0.103. The van der Waals surface area contributed by atoms with Gasteiger partial charge in [-0.25, -0.2) is 0 Å². The lowest BCUT2D eigenvalue weighted by atomic mass is 10.1. The van der Waals surface area contributed by atoms with E-state index in [1.807, 2.05) is 6.92 Å². The van der Waals surface area contributed by atoms with E-state index in [9.17, 15) is 0 Å². The number of hydrogen-bond donors (Lipinski definition) is 0. The number of rotatable bonds is 3. The number of hydrogen-bond acceptors (Lipinski definition) is 3. The topological polar surface area (TPSA) is 21.6 Å². The first-order chi connectivity index (χ1) is 6.55. The summed E-state index contributed by atoms with van der Waals surface area (Å²) >= 11 is 1.69. The Kier molecular flexibility index (Phi) is 3.56. The Hall–Kier alpha value is -0.540. The molecule has 0 aromatic rings. The van der Waals surface area contributed by atoms with Crippen LogP contribution in [0.25, 0.3) is 0 Å². The Balaban J connectivity index is 2.91. The van der Waals surface area contributed by atoms with Crippen molar-refractivity contribution in [3.63, 3.8) is 0 Å². The molecule has 0 radical (unpaired) electrons. The van der Waals surface area contributed by atoms with Crippen molar-refractivity contribution in [2.45, 2.75) is 32.4 Å².